The van der Waals surface area contributed by atoms with Crippen molar-refractivity contribution < 1.29 is 9.90 Å². The summed E-state index contributed by atoms with van der Waals surface area (Å²) >= 11 is 0. The van der Waals surface area contributed by atoms with Crippen molar-refractivity contribution in [1.82, 2.24) is 5.32 Å². The summed E-state index contributed by atoms with van der Waals surface area (Å²) in [6.07, 6.45) is 28.8. The Morgan fingerprint density at radius 1 is 0.606 bits per heavy atom. The van der Waals surface area contributed by atoms with Crippen LogP contribution in [-0.2, 0) is 4.79 Å². The number of hydrogen-bond acceptors (Lipinski definition) is 2. The summed E-state index contributed by atoms with van der Waals surface area (Å²) in [7, 11) is 0. The monoisotopic (exact) mass is 465 g/mol. The van der Waals surface area contributed by atoms with E-state index in [0.717, 1.165) is 18.8 Å². The van der Waals surface area contributed by atoms with Crippen molar-refractivity contribution in [2.24, 2.45) is 5.92 Å². The number of carboxylic acids is 1. The van der Waals surface area contributed by atoms with E-state index in [1.807, 2.05) is 0 Å². The van der Waals surface area contributed by atoms with E-state index < -0.39 is 5.97 Å². The van der Waals surface area contributed by atoms with Gasteiger partial charge in [-0.3, -0.25) is 4.79 Å². The first kappa shape index (κ1) is 30.5. The van der Waals surface area contributed by atoms with Gasteiger partial charge in [0.2, 0.25) is 0 Å². The second kappa shape index (κ2) is 17.8. The SMILES string of the molecule is CC1(C)CC(CCCCCCCCCCCCCCCCCCCCC(=O)O)CC(C)(C)N1. The van der Waals surface area contributed by atoms with Gasteiger partial charge in [0.1, 0.15) is 0 Å². The molecule has 0 aromatic carbocycles. The number of nitrogens with one attached hydrogen (secondary N) is 1. The summed E-state index contributed by atoms with van der Waals surface area (Å²) < 4.78 is 0. The van der Waals surface area contributed by atoms with Crippen LogP contribution in [0, 0.1) is 5.92 Å². The molecule has 2 N–H and O–H groups in total. The maximum Gasteiger partial charge on any atom is 0.303 e. The zero-order valence-corrected chi connectivity index (χ0v) is 23.0. The summed E-state index contributed by atoms with van der Waals surface area (Å²) in [4.78, 5) is 10.5. The topological polar surface area (TPSA) is 49.3 Å². The molecule has 0 atom stereocenters. The van der Waals surface area contributed by atoms with E-state index >= 15 is 0 Å². The molecular weight excluding hydrogens is 406 g/mol. The quantitative estimate of drug-likeness (QED) is 0.166. The van der Waals surface area contributed by atoms with Gasteiger partial charge in [0.15, 0.2) is 0 Å². The molecule has 196 valence electrons. The smallest absolute Gasteiger partial charge is 0.303 e. The number of carboxylic acid groups (broad SMARTS) is 1. The van der Waals surface area contributed by atoms with Gasteiger partial charge in [-0.2, -0.15) is 0 Å². The van der Waals surface area contributed by atoms with Crippen LogP contribution in [0.4, 0.5) is 0 Å². The lowest BCUT2D eigenvalue weighted by Gasteiger charge is -2.46. The fourth-order valence-corrected chi connectivity index (χ4v) is 6.28. The van der Waals surface area contributed by atoms with Crippen molar-refractivity contribution >= 4 is 5.97 Å². The molecule has 1 heterocycles. The average Bonchev–Trinajstić information content (AvgIpc) is 2.69. The van der Waals surface area contributed by atoms with Crippen molar-refractivity contribution in [3.05, 3.63) is 0 Å². The summed E-state index contributed by atoms with van der Waals surface area (Å²) in [5.41, 5.74) is 0.607. The van der Waals surface area contributed by atoms with E-state index in [1.165, 1.54) is 122 Å². The highest BCUT2D eigenvalue weighted by molar-refractivity contribution is 5.66. The van der Waals surface area contributed by atoms with Crippen molar-refractivity contribution in [1.29, 1.82) is 0 Å². The van der Waals surface area contributed by atoms with Gasteiger partial charge in [-0.1, -0.05) is 116 Å². The number of hydrogen-bond donors (Lipinski definition) is 2. The lowest BCUT2D eigenvalue weighted by Crippen LogP contribution is -2.57. The standard InChI is InChI=1S/C30H59NO2/c1-29(2)25-27(26-30(3,4)31-29)23-21-19-17-15-13-11-9-7-5-6-8-10-12-14-16-18-20-22-24-28(32)33/h27,31H,5-26H2,1-4H3,(H,32,33). The summed E-state index contributed by atoms with van der Waals surface area (Å²) in [6.45, 7) is 9.49. The molecule has 1 aliphatic heterocycles. The molecule has 0 bridgehead atoms. The molecule has 1 fully saturated rings. The van der Waals surface area contributed by atoms with Crippen LogP contribution in [0.3, 0.4) is 0 Å². The second-order valence-electron chi connectivity index (χ2n) is 12.5. The Labute approximate surface area is 207 Å². The maximum atomic E-state index is 10.5. The van der Waals surface area contributed by atoms with E-state index in [1.54, 1.807) is 0 Å². The molecule has 0 amide bonds. The minimum Gasteiger partial charge on any atom is -0.481 e. The van der Waals surface area contributed by atoms with Crippen LogP contribution < -0.4 is 5.32 Å². The molecule has 0 radical (unpaired) electrons. The zero-order valence-electron chi connectivity index (χ0n) is 23.0. The Balaban J connectivity index is 1.77. The highest BCUT2D eigenvalue weighted by Gasteiger charge is 2.36. The Bertz CT molecular complexity index is 470. The predicted molar refractivity (Wildman–Crippen MR) is 144 cm³/mol. The molecule has 33 heavy (non-hydrogen) atoms. The fourth-order valence-electron chi connectivity index (χ4n) is 6.28. The van der Waals surface area contributed by atoms with E-state index in [4.69, 9.17) is 5.11 Å². The van der Waals surface area contributed by atoms with Crippen LogP contribution in [-0.4, -0.2) is 22.2 Å². The summed E-state index contributed by atoms with van der Waals surface area (Å²) in [5, 5.41) is 12.4. The molecule has 1 saturated heterocycles. The molecule has 0 aliphatic carbocycles. The molecule has 0 aromatic rings. The Kier molecular flexibility index (Phi) is 16.4. The van der Waals surface area contributed by atoms with Crippen molar-refractivity contribution in [3.63, 3.8) is 0 Å². The molecule has 0 saturated carbocycles. The van der Waals surface area contributed by atoms with Crippen LogP contribution in [0.25, 0.3) is 0 Å². The third kappa shape index (κ3) is 18.4. The van der Waals surface area contributed by atoms with Gasteiger partial charge in [-0.15, -0.1) is 0 Å². The average molecular weight is 466 g/mol. The highest BCUT2D eigenvalue weighted by Crippen LogP contribution is 2.35. The Hall–Kier alpha value is -0.570. The van der Waals surface area contributed by atoms with Crippen molar-refractivity contribution in [3.8, 4) is 0 Å². The normalized spacial score (nSPS) is 17.9. The summed E-state index contributed by atoms with van der Waals surface area (Å²) in [6, 6.07) is 0. The van der Waals surface area contributed by atoms with Gasteiger partial charge >= 0.3 is 5.97 Å². The van der Waals surface area contributed by atoms with Gasteiger partial charge in [0.25, 0.3) is 0 Å². The second-order valence-corrected chi connectivity index (χ2v) is 12.5. The van der Waals surface area contributed by atoms with Crippen LogP contribution in [0.15, 0.2) is 0 Å². The fraction of sp³-hybridized carbons (Fsp3) is 0.967. The Morgan fingerprint density at radius 2 is 0.909 bits per heavy atom. The third-order valence-electron chi connectivity index (χ3n) is 7.53. The van der Waals surface area contributed by atoms with E-state index in [-0.39, 0.29) is 0 Å². The maximum absolute atomic E-state index is 10.5. The van der Waals surface area contributed by atoms with Gasteiger partial charge in [-0.05, 0) is 52.9 Å². The van der Waals surface area contributed by atoms with Crippen LogP contribution >= 0.6 is 0 Å². The third-order valence-corrected chi connectivity index (χ3v) is 7.53. The largest absolute Gasteiger partial charge is 0.481 e. The number of piperidine rings is 1. The first-order valence-corrected chi connectivity index (χ1v) is 14.7. The van der Waals surface area contributed by atoms with Gasteiger partial charge < -0.3 is 10.4 Å². The first-order chi connectivity index (χ1) is 15.7. The molecular formula is C30H59NO2. The van der Waals surface area contributed by atoms with Gasteiger partial charge in [0.05, 0.1) is 0 Å². The predicted octanol–water partition coefficient (Wildman–Crippen LogP) is 9.43. The number of aliphatic carboxylic acids is 1. The lowest BCUT2D eigenvalue weighted by atomic mass is 9.74. The van der Waals surface area contributed by atoms with E-state index in [0.29, 0.717) is 17.5 Å². The lowest BCUT2D eigenvalue weighted by molar-refractivity contribution is -0.137. The minimum absolute atomic E-state index is 0.304. The van der Waals surface area contributed by atoms with Crippen LogP contribution in [0.5, 0.6) is 0 Å². The first-order valence-electron chi connectivity index (χ1n) is 14.7. The Morgan fingerprint density at radius 3 is 1.24 bits per heavy atom. The number of rotatable bonds is 21. The minimum atomic E-state index is -0.651. The van der Waals surface area contributed by atoms with Gasteiger partial charge in [0, 0.05) is 17.5 Å². The summed E-state index contributed by atoms with van der Waals surface area (Å²) in [5.74, 6) is 0.258. The van der Waals surface area contributed by atoms with Gasteiger partial charge in [-0.25, -0.2) is 0 Å². The molecule has 0 aromatic heterocycles. The molecule has 0 unspecified atom stereocenters. The molecule has 1 rings (SSSR count). The van der Waals surface area contributed by atoms with E-state index in [9.17, 15) is 4.79 Å². The molecule has 3 nitrogen and oxygen atoms in total. The zero-order chi connectivity index (χ0) is 24.4. The highest BCUT2D eigenvalue weighted by atomic mass is 16.4. The van der Waals surface area contributed by atoms with Crippen LogP contribution in [0.1, 0.15) is 169 Å². The van der Waals surface area contributed by atoms with Crippen molar-refractivity contribution in [2.75, 3.05) is 0 Å². The van der Waals surface area contributed by atoms with E-state index in [2.05, 4.69) is 33.0 Å². The molecule has 3 heteroatoms. The number of unbranched alkanes of at least 4 members (excludes halogenated alkanes) is 17. The molecule has 1 aliphatic rings. The van der Waals surface area contributed by atoms with Crippen molar-refractivity contribution in [2.45, 2.75) is 180 Å². The molecule has 0 spiro atoms. The number of carbonyl (C=O) groups is 1. The van der Waals surface area contributed by atoms with Crippen LogP contribution in [0.2, 0.25) is 0 Å².